The standard InChI is InChI=1S/C12H12BrNO/c1-8-2-4-11(13)10(6-8)12-5-3-9(7-14)15-12/h2-6H,7,14H2,1H3. The minimum absolute atomic E-state index is 0.434. The number of benzene rings is 1. The van der Waals surface area contributed by atoms with Crippen molar-refractivity contribution in [2.45, 2.75) is 13.5 Å². The molecule has 0 aliphatic carbocycles. The molecule has 78 valence electrons. The maximum Gasteiger partial charge on any atom is 0.135 e. The summed E-state index contributed by atoms with van der Waals surface area (Å²) < 4.78 is 6.63. The Bertz CT molecular complexity index is 476. The molecule has 2 N–H and O–H groups in total. The molecule has 0 saturated heterocycles. The Hall–Kier alpha value is -1.06. The lowest BCUT2D eigenvalue weighted by Gasteiger charge is -2.02. The molecule has 0 fully saturated rings. The summed E-state index contributed by atoms with van der Waals surface area (Å²) in [6, 6.07) is 10.0. The van der Waals surface area contributed by atoms with Crippen LogP contribution in [-0.4, -0.2) is 0 Å². The minimum Gasteiger partial charge on any atom is -0.460 e. The highest BCUT2D eigenvalue weighted by Gasteiger charge is 2.07. The molecule has 0 amide bonds. The van der Waals surface area contributed by atoms with Crippen LogP contribution in [0.25, 0.3) is 11.3 Å². The van der Waals surface area contributed by atoms with E-state index in [1.165, 1.54) is 5.56 Å². The number of nitrogens with two attached hydrogens (primary N) is 1. The van der Waals surface area contributed by atoms with Crippen LogP contribution in [0.5, 0.6) is 0 Å². The molecule has 15 heavy (non-hydrogen) atoms. The van der Waals surface area contributed by atoms with E-state index < -0.39 is 0 Å². The van der Waals surface area contributed by atoms with Crippen molar-refractivity contribution in [2.75, 3.05) is 0 Å². The van der Waals surface area contributed by atoms with Gasteiger partial charge in [0.1, 0.15) is 11.5 Å². The Morgan fingerprint density at radius 2 is 2.07 bits per heavy atom. The van der Waals surface area contributed by atoms with Gasteiger partial charge in [0.15, 0.2) is 0 Å². The second kappa shape index (κ2) is 4.21. The van der Waals surface area contributed by atoms with Gasteiger partial charge in [0, 0.05) is 10.0 Å². The lowest BCUT2D eigenvalue weighted by molar-refractivity contribution is 0.525. The van der Waals surface area contributed by atoms with Gasteiger partial charge in [0.2, 0.25) is 0 Å². The van der Waals surface area contributed by atoms with Gasteiger partial charge in [-0.15, -0.1) is 0 Å². The molecule has 2 aromatic rings. The van der Waals surface area contributed by atoms with Gasteiger partial charge in [-0.05, 0) is 31.2 Å². The van der Waals surface area contributed by atoms with Gasteiger partial charge < -0.3 is 10.2 Å². The van der Waals surface area contributed by atoms with Crippen molar-refractivity contribution < 1.29 is 4.42 Å². The van der Waals surface area contributed by atoms with E-state index in [0.29, 0.717) is 6.54 Å². The molecule has 0 aliphatic heterocycles. The first-order chi connectivity index (χ1) is 7.20. The lowest BCUT2D eigenvalue weighted by Crippen LogP contribution is -1.92. The second-order valence-corrected chi connectivity index (χ2v) is 4.31. The van der Waals surface area contributed by atoms with Crippen LogP contribution in [0.3, 0.4) is 0 Å². The first-order valence-corrected chi connectivity index (χ1v) is 5.55. The maximum absolute atomic E-state index is 5.60. The number of hydrogen-bond acceptors (Lipinski definition) is 2. The summed E-state index contributed by atoms with van der Waals surface area (Å²) in [5.74, 6) is 1.66. The quantitative estimate of drug-likeness (QED) is 0.903. The molecule has 1 aromatic heterocycles. The van der Waals surface area contributed by atoms with E-state index >= 15 is 0 Å². The number of aryl methyl sites for hydroxylation is 1. The largest absolute Gasteiger partial charge is 0.460 e. The van der Waals surface area contributed by atoms with Crippen molar-refractivity contribution >= 4 is 15.9 Å². The molecule has 0 unspecified atom stereocenters. The summed E-state index contributed by atoms with van der Waals surface area (Å²) in [7, 11) is 0. The lowest BCUT2D eigenvalue weighted by atomic mass is 10.1. The molecule has 3 heteroatoms. The molecule has 0 saturated carbocycles. The fourth-order valence-corrected chi connectivity index (χ4v) is 1.90. The molecule has 0 radical (unpaired) electrons. The van der Waals surface area contributed by atoms with Crippen LogP contribution in [0.15, 0.2) is 39.2 Å². The molecule has 0 spiro atoms. The zero-order chi connectivity index (χ0) is 10.8. The van der Waals surface area contributed by atoms with Crippen molar-refractivity contribution in [3.8, 4) is 11.3 Å². The topological polar surface area (TPSA) is 39.2 Å². The Morgan fingerprint density at radius 3 is 2.73 bits per heavy atom. The SMILES string of the molecule is Cc1ccc(Br)c(-c2ccc(CN)o2)c1. The average Bonchev–Trinajstić information content (AvgIpc) is 2.70. The van der Waals surface area contributed by atoms with Crippen LogP contribution >= 0.6 is 15.9 Å². The molecule has 1 heterocycles. The highest BCUT2D eigenvalue weighted by atomic mass is 79.9. The van der Waals surface area contributed by atoms with Gasteiger partial charge in [0.05, 0.1) is 6.54 Å². The summed E-state index contributed by atoms with van der Waals surface area (Å²) in [6.07, 6.45) is 0. The van der Waals surface area contributed by atoms with Crippen LogP contribution in [0.1, 0.15) is 11.3 Å². The van der Waals surface area contributed by atoms with Gasteiger partial charge in [-0.1, -0.05) is 27.6 Å². The van der Waals surface area contributed by atoms with Gasteiger partial charge >= 0.3 is 0 Å². The van der Waals surface area contributed by atoms with Crippen LogP contribution in [0.4, 0.5) is 0 Å². The third-order valence-electron chi connectivity index (χ3n) is 2.25. The highest BCUT2D eigenvalue weighted by molar-refractivity contribution is 9.10. The van der Waals surface area contributed by atoms with Crippen LogP contribution in [-0.2, 0) is 6.54 Å². The van der Waals surface area contributed by atoms with Crippen molar-refractivity contribution in [3.05, 3.63) is 46.1 Å². The average molecular weight is 266 g/mol. The molecular formula is C12H12BrNO. The number of rotatable bonds is 2. The Morgan fingerprint density at radius 1 is 1.27 bits per heavy atom. The second-order valence-electron chi connectivity index (χ2n) is 3.45. The summed E-state index contributed by atoms with van der Waals surface area (Å²) in [6.45, 7) is 2.49. The van der Waals surface area contributed by atoms with E-state index in [9.17, 15) is 0 Å². The number of halogens is 1. The first kappa shape index (κ1) is 10.5. The van der Waals surface area contributed by atoms with Crippen molar-refractivity contribution in [1.29, 1.82) is 0 Å². The molecule has 0 bridgehead atoms. The van der Waals surface area contributed by atoms with Crippen LogP contribution < -0.4 is 5.73 Å². The summed E-state index contributed by atoms with van der Waals surface area (Å²) in [4.78, 5) is 0. The Kier molecular flexibility index (Phi) is 2.93. The van der Waals surface area contributed by atoms with Crippen molar-refractivity contribution in [3.63, 3.8) is 0 Å². The van der Waals surface area contributed by atoms with Gasteiger partial charge in [-0.3, -0.25) is 0 Å². The summed E-state index contributed by atoms with van der Waals surface area (Å²) in [5, 5.41) is 0. The van der Waals surface area contributed by atoms with E-state index in [4.69, 9.17) is 10.2 Å². The fraction of sp³-hybridized carbons (Fsp3) is 0.167. The third-order valence-corrected chi connectivity index (χ3v) is 2.94. The van der Waals surface area contributed by atoms with E-state index in [2.05, 4.69) is 35.0 Å². The van der Waals surface area contributed by atoms with Gasteiger partial charge in [-0.25, -0.2) is 0 Å². The molecule has 1 aromatic carbocycles. The van der Waals surface area contributed by atoms with E-state index in [1.807, 2.05) is 18.2 Å². The van der Waals surface area contributed by atoms with Crippen molar-refractivity contribution in [2.24, 2.45) is 5.73 Å². The number of furan rings is 1. The van der Waals surface area contributed by atoms with Crippen LogP contribution in [0.2, 0.25) is 0 Å². The fourth-order valence-electron chi connectivity index (χ4n) is 1.46. The smallest absolute Gasteiger partial charge is 0.135 e. The third kappa shape index (κ3) is 2.13. The molecule has 2 rings (SSSR count). The molecule has 0 atom stereocenters. The summed E-state index contributed by atoms with van der Waals surface area (Å²) in [5.41, 5.74) is 7.78. The summed E-state index contributed by atoms with van der Waals surface area (Å²) >= 11 is 3.51. The molecule has 0 aliphatic rings. The van der Waals surface area contributed by atoms with E-state index in [1.54, 1.807) is 0 Å². The predicted octanol–water partition coefficient (Wildman–Crippen LogP) is 3.48. The van der Waals surface area contributed by atoms with Crippen LogP contribution in [0, 0.1) is 6.92 Å². The number of hydrogen-bond donors (Lipinski definition) is 1. The minimum atomic E-state index is 0.434. The Labute approximate surface area is 97.2 Å². The normalized spacial score (nSPS) is 10.6. The highest BCUT2D eigenvalue weighted by Crippen LogP contribution is 2.30. The zero-order valence-corrected chi connectivity index (χ0v) is 10.0. The maximum atomic E-state index is 5.60. The monoisotopic (exact) mass is 265 g/mol. The molecular weight excluding hydrogens is 254 g/mol. The van der Waals surface area contributed by atoms with E-state index in [-0.39, 0.29) is 0 Å². The van der Waals surface area contributed by atoms with Crippen molar-refractivity contribution in [1.82, 2.24) is 0 Å². The zero-order valence-electron chi connectivity index (χ0n) is 8.46. The Balaban J connectivity index is 2.48. The predicted molar refractivity (Wildman–Crippen MR) is 64.5 cm³/mol. The van der Waals surface area contributed by atoms with Gasteiger partial charge in [0.25, 0.3) is 0 Å². The van der Waals surface area contributed by atoms with E-state index in [0.717, 1.165) is 21.6 Å². The first-order valence-electron chi connectivity index (χ1n) is 4.76. The van der Waals surface area contributed by atoms with Gasteiger partial charge in [-0.2, -0.15) is 0 Å². The molecule has 2 nitrogen and oxygen atoms in total.